The van der Waals surface area contributed by atoms with Gasteiger partial charge in [0.15, 0.2) is 0 Å². The number of nitrogens with zero attached hydrogens (tertiary/aromatic N) is 2. The Morgan fingerprint density at radius 3 is 2.87 bits per heavy atom. The summed E-state index contributed by atoms with van der Waals surface area (Å²) in [6.45, 7) is 5.92. The summed E-state index contributed by atoms with van der Waals surface area (Å²) < 4.78 is 7.04. The number of aromatic nitrogens is 2. The normalized spacial score (nSPS) is 11.2. The van der Waals surface area contributed by atoms with Crippen molar-refractivity contribution in [3.05, 3.63) is 17.3 Å². The van der Waals surface area contributed by atoms with Gasteiger partial charge in [-0.3, -0.25) is 0 Å². The molecule has 4 nitrogen and oxygen atoms in total. The lowest BCUT2D eigenvalue weighted by Crippen LogP contribution is -2.11. The lowest BCUT2D eigenvalue weighted by Gasteiger charge is -2.00. The molecule has 84 valence electrons. The summed E-state index contributed by atoms with van der Waals surface area (Å²) in [6, 6.07) is 0. The standard InChI is InChI=1S/C11H19N3O/c1-5-12-8-6-7-10-9(2)13-14(3)11(10)15-4/h6-7,12H,5,8H2,1-4H3/b7-6+. The number of methoxy groups -OCH3 is 1. The van der Waals surface area contributed by atoms with Crippen molar-refractivity contribution in [3.8, 4) is 5.88 Å². The molecular formula is C11H19N3O. The largest absolute Gasteiger partial charge is 0.481 e. The highest BCUT2D eigenvalue weighted by atomic mass is 16.5. The van der Waals surface area contributed by atoms with Crippen molar-refractivity contribution in [2.45, 2.75) is 13.8 Å². The Morgan fingerprint density at radius 2 is 2.27 bits per heavy atom. The molecule has 0 spiro atoms. The Morgan fingerprint density at radius 1 is 1.53 bits per heavy atom. The molecule has 1 heterocycles. The quantitative estimate of drug-likeness (QED) is 0.744. The number of nitrogens with one attached hydrogen (secondary N) is 1. The van der Waals surface area contributed by atoms with E-state index in [1.165, 1.54) is 0 Å². The van der Waals surface area contributed by atoms with Crippen LogP contribution in [0.1, 0.15) is 18.2 Å². The summed E-state index contributed by atoms with van der Waals surface area (Å²) in [4.78, 5) is 0. The van der Waals surface area contributed by atoms with Crippen LogP contribution in [0.15, 0.2) is 6.08 Å². The van der Waals surface area contributed by atoms with E-state index >= 15 is 0 Å². The van der Waals surface area contributed by atoms with E-state index in [9.17, 15) is 0 Å². The van der Waals surface area contributed by atoms with Crippen LogP contribution in [-0.2, 0) is 7.05 Å². The summed E-state index contributed by atoms with van der Waals surface area (Å²) in [6.07, 6.45) is 4.12. The highest BCUT2D eigenvalue weighted by Crippen LogP contribution is 2.21. The zero-order valence-electron chi connectivity index (χ0n) is 9.87. The van der Waals surface area contributed by atoms with E-state index < -0.39 is 0 Å². The Bertz CT molecular complexity index is 342. The van der Waals surface area contributed by atoms with Crippen molar-refractivity contribution in [1.82, 2.24) is 15.1 Å². The van der Waals surface area contributed by atoms with Crippen LogP contribution in [0.5, 0.6) is 5.88 Å². The molecule has 0 saturated heterocycles. The molecule has 0 saturated carbocycles. The van der Waals surface area contributed by atoms with Crippen LogP contribution in [-0.4, -0.2) is 30.0 Å². The third kappa shape index (κ3) is 2.83. The van der Waals surface area contributed by atoms with Crippen LogP contribution in [0.25, 0.3) is 6.08 Å². The second-order valence-electron chi connectivity index (χ2n) is 3.34. The molecule has 1 N–H and O–H groups in total. The fraction of sp³-hybridized carbons (Fsp3) is 0.545. The molecule has 0 aromatic carbocycles. The fourth-order valence-corrected chi connectivity index (χ4v) is 1.49. The van der Waals surface area contributed by atoms with Crippen LogP contribution >= 0.6 is 0 Å². The predicted octanol–water partition coefficient (Wildman–Crippen LogP) is 1.36. The zero-order chi connectivity index (χ0) is 11.3. The van der Waals surface area contributed by atoms with Crippen LogP contribution in [0.4, 0.5) is 0 Å². The predicted molar refractivity (Wildman–Crippen MR) is 62.1 cm³/mol. The molecule has 0 atom stereocenters. The number of ether oxygens (including phenoxy) is 1. The average molecular weight is 209 g/mol. The first-order valence-electron chi connectivity index (χ1n) is 5.15. The van der Waals surface area contributed by atoms with E-state index in [4.69, 9.17) is 4.74 Å². The second kappa shape index (κ2) is 5.56. The first-order valence-corrected chi connectivity index (χ1v) is 5.15. The Kier molecular flexibility index (Phi) is 4.37. The van der Waals surface area contributed by atoms with Gasteiger partial charge >= 0.3 is 0 Å². The molecule has 0 fully saturated rings. The smallest absolute Gasteiger partial charge is 0.218 e. The molecule has 15 heavy (non-hydrogen) atoms. The van der Waals surface area contributed by atoms with Crippen molar-refractivity contribution in [1.29, 1.82) is 0 Å². The van der Waals surface area contributed by atoms with Gasteiger partial charge in [0.2, 0.25) is 5.88 Å². The molecule has 1 aromatic rings. The number of rotatable bonds is 5. The van der Waals surface area contributed by atoms with E-state index in [0.29, 0.717) is 0 Å². The first-order chi connectivity index (χ1) is 7.20. The summed E-state index contributed by atoms with van der Waals surface area (Å²) in [5.74, 6) is 0.806. The molecule has 0 amide bonds. The average Bonchev–Trinajstić information content (AvgIpc) is 2.48. The molecule has 0 aliphatic heterocycles. The van der Waals surface area contributed by atoms with E-state index in [-0.39, 0.29) is 0 Å². The highest BCUT2D eigenvalue weighted by Gasteiger charge is 2.09. The highest BCUT2D eigenvalue weighted by molar-refractivity contribution is 5.57. The number of aryl methyl sites for hydroxylation is 2. The van der Waals surface area contributed by atoms with Gasteiger partial charge in [-0.2, -0.15) is 5.10 Å². The van der Waals surface area contributed by atoms with E-state index in [2.05, 4.69) is 23.4 Å². The van der Waals surface area contributed by atoms with E-state index in [0.717, 1.165) is 30.2 Å². The second-order valence-corrected chi connectivity index (χ2v) is 3.34. The van der Waals surface area contributed by atoms with Crippen molar-refractivity contribution in [3.63, 3.8) is 0 Å². The summed E-state index contributed by atoms with van der Waals surface area (Å²) >= 11 is 0. The summed E-state index contributed by atoms with van der Waals surface area (Å²) in [5, 5.41) is 7.53. The van der Waals surface area contributed by atoms with E-state index in [1.807, 2.05) is 20.0 Å². The van der Waals surface area contributed by atoms with E-state index in [1.54, 1.807) is 11.8 Å². The van der Waals surface area contributed by atoms with Gasteiger partial charge in [0.1, 0.15) is 0 Å². The molecule has 0 radical (unpaired) electrons. The van der Waals surface area contributed by atoms with Gasteiger partial charge in [0.25, 0.3) is 0 Å². The SMILES string of the molecule is CCNC/C=C/c1c(C)nn(C)c1OC. The van der Waals surface area contributed by atoms with Crippen molar-refractivity contribution in [2.75, 3.05) is 20.2 Å². The number of hydrogen-bond donors (Lipinski definition) is 1. The Labute approximate surface area is 90.9 Å². The lowest BCUT2D eigenvalue weighted by atomic mass is 10.2. The van der Waals surface area contributed by atoms with Crippen molar-refractivity contribution in [2.24, 2.45) is 7.05 Å². The van der Waals surface area contributed by atoms with Crippen LogP contribution in [0, 0.1) is 6.92 Å². The van der Waals surface area contributed by atoms with Gasteiger partial charge in [0.05, 0.1) is 18.4 Å². The van der Waals surface area contributed by atoms with Gasteiger partial charge in [-0.15, -0.1) is 0 Å². The minimum atomic E-state index is 0.806. The molecule has 0 aliphatic carbocycles. The van der Waals surface area contributed by atoms with Crippen molar-refractivity contribution >= 4 is 6.08 Å². The maximum Gasteiger partial charge on any atom is 0.218 e. The number of likely N-dealkylation sites (N-methyl/N-ethyl adjacent to an activating group) is 1. The fourth-order valence-electron chi connectivity index (χ4n) is 1.49. The topological polar surface area (TPSA) is 39.1 Å². The molecule has 0 aliphatic rings. The summed E-state index contributed by atoms with van der Waals surface area (Å²) in [7, 11) is 3.55. The monoisotopic (exact) mass is 209 g/mol. The van der Waals surface area contributed by atoms with Crippen molar-refractivity contribution < 1.29 is 4.74 Å². The first kappa shape index (κ1) is 11.8. The molecule has 1 rings (SSSR count). The minimum absolute atomic E-state index is 0.806. The third-order valence-corrected chi connectivity index (χ3v) is 2.20. The maximum absolute atomic E-state index is 5.28. The molecule has 1 aromatic heterocycles. The number of hydrogen-bond acceptors (Lipinski definition) is 3. The molecule has 0 unspecified atom stereocenters. The van der Waals surface area contributed by atoms with Crippen LogP contribution in [0.3, 0.4) is 0 Å². The minimum Gasteiger partial charge on any atom is -0.481 e. The van der Waals surface area contributed by atoms with Gasteiger partial charge in [-0.25, -0.2) is 4.68 Å². The summed E-state index contributed by atoms with van der Waals surface area (Å²) in [5.41, 5.74) is 2.04. The van der Waals surface area contributed by atoms with Crippen LogP contribution in [0.2, 0.25) is 0 Å². The van der Waals surface area contributed by atoms with Crippen LogP contribution < -0.4 is 10.1 Å². The Balaban J connectivity index is 2.79. The third-order valence-electron chi connectivity index (χ3n) is 2.20. The van der Waals surface area contributed by atoms with Gasteiger partial charge < -0.3 is 10.1 Å². The Hall–Kier alpha value is -1.29. The lowest BCUT2D eigenvalue weighted by molar-refractivity contribution is 0.372. The molecule has 4 heteroatoms. The van der Waals surface area contributed by atoms with Gasteiger partial charge in [-0.05, 0) is 13.5 Å². The zero-order valence-corrected chi connectivity index (χ0v) is 9.87. The van der Waals surface area contributed by atoms with Gasteiger partial charge in [-0.1, -0.05) is 19.1 Å². The molecular weight excluding hydrogens is 190 g/mol. The van der Waals surface area contributed by atoms with Gasteiger partial charge in [0, 0.05) is 13.6 Å². The molecule has 0 bridgehead atoms. The maximum atomic E-state index is 5.28.